The number of aliphatic hydroxyl groups is 1. The van der Waals surface area contributed by atoms with Crippen molar-refractivity contribution >= 4 is 23.0 Å². The third-order valence-electron chi connectivity index (χ3n) is 7.07. The van der Waals surface area contributed by atoms with Crippen molar-refractivity contribution in [1.82, 2.24) is 5.32 Å². The SMILES string of the molecule is CO.Cc1ccc(C#Cc2ccc3oc(CNC(=O)OCC4C/C(=C\CC(CC(C)C)CC(C)C)C(=O)O4)cc3c2)cc1. The number of rotatable bonds is 10. The maximum absolute atomic E-state index is 12.4. The Kier molecular flexibility index (Phi) is 12.9. The first-order valence-electron chi connectivity index (χ1n) is 15.0. The summed E-state index contributed by atoms with van der Waals surface area (Å²) in [5.74, 6) is 8.45. The van der Waals surface area contributed by atoms with Crippen molar-refractivity contribution in [3.8, 4) is 11.8 Å². The molecule has 1 amide bonds. The number of furan rings is 1. The highest BCUT2D eigenvalue weighted by atomic mass is 16.6. The maximum Gasteiger partial charge on any atom is 0.407 e. The van der Waals surface area contributed by atoms with Gasteiger partial charge in [-0.05, 0) is 80.3 Å². The number of aliphatic hydroxyl groups excluding tert-OH is 1. The number of ether oxygens (including phenoxy) is 2. The van der Waals surface area contributed by atoms with Crippen LogP contribution < -0.4 is 5.32 Å². The van der Waals surface area contributed by atoms with E-state index in [4.69, 9.17) is 19.0 Å². The summed E-state index contributed by atoms with van der Waals surface area (Å²) in [6.07, 6.45) is 4.58. The molecule has 1 aliphatic rings. The monoisotopic (exact) mass is 587 g/mol. The lowest BCUT2D eigenvalue weighted by Gasteiger charge is -2.19. The molecule has 0 bridgehead atoms. The second kappa shape index (κ2) is 16.6. The normalized spacial score (nSPS) is 15.3. The Balaban J connectivity index is 0.00000248. The Labute approximate surface area is 255 Å². The number of allylic oxidation sites excluding steroid dienone is 1. The second-order valence-corrected chi connectivity index (χ2v) is 11.9. The average molecular weight is 588 g/mol. The lowest BCUT2D eigenvalue weighted by atomic mass is 9.86. The zero-order chi connectivity index (χ0) is 31.4. The maximum atomic E-state index is 12.4. The van der Waals surface area contributed by atoms with E-state index in [-0.39, 0.29) is 19.1 Å². The molecule has 7 heteroatoms. The molecule has 1 unspecified atom stereocenters. The smallest absolute Gasteiger partial charge is 0.407 e. The first-order valence-corrected chi connectivity index (χ1v) is 15.0. The topological polar surface area (TPSA) is 98.0 Å². The van der Waals surface area contributed by atoms with Crippen molar-refractivity contribution in [3.63, 3.8) is 0 Å². The Bertz CT molecular complexity index is 1430. The Morgan fingerprint density at radius 3 is 2.35 bits per heavy atom. The van der Waals surface area contributed by atoms with Gasteiger partial charge < -0.3 is 24.3 Å². The summed E-state index contributed by atoms with van der Waals surface area (Å²) in [7, 11) is 1.00. The number of esters is 1. The van der Waals surface area contributed by atoms with Crippen molar-refractivity contribution in [1.29, 1.82) is 0 Å². The molecular weight excluding hydrogens is 542 g/mol. The number of aryl methyl sites for hydroxylation is 1. The molecule has 0 saturated carbocycles. The van der Waals surface area contributed by atoms with Crippen molar-refractivity contribution in [2.75, 3.05) is 13.7 Å². The predicted octanol–water partition coefficient (Wildman–Crippen LogP) is 7.32. The summed E-state index contributed by atoms with van der Waals surface area (Å²) in [5, 5.41) is 10.6. The molecule has 7 nitrogen and oxygen atoms in total. The van der Waals surface area contributed by atoms with E-state index >= 15 is 0 Å². The molecule has 0 aliphatic carbocycles. The van der Waals surface area contributed by atoms with Crippen LogP contribution in [0.25, 0.3) is 11.0 Å². The number of nitrogens with one attached hydrogen (secondary N) is 1. The molecule has 3 aromatic rings. The zero-order valence-electron chi connectivity index (χ0n) is 26.2. The third kappa shape index (κ3) is 11.0. The lowest BCUT2D eigenvalue weighted by Crippen LogP contribution is -2.27. The number of fused-ring (bicyclic) bond motifs is 1. The minimum Gasteiger partial charge on any atom is -0.459 e. The quantitative estimate of drug-likeness (QED) is 0.147. The lowest BCUT2D eigenvalue weighted by molar-refractivity contribution is -0.140. The van der Waals surface area contributed by atoms with Gasteiger partial charge in [0.15, 0.2) is 0 Å². The van der Waals surface area contributed by atoms with Crippen LogP contribution in [0.5, 0.6) is 0 Å². The molecule has 1 fully saturated rings. The number of amides is 1. The van der Waals surface area contributed by atoms with Crippen molar-refractivity contribution in [2.24, 2.45) is 17.8 Å². The predicted molar refractivity (Wildman–Crippen MR) is 169 cm³/mol. The van der Waals surface area contributed by atoms with Crippen molar-refractivity contribution in [2.45, 2.75) is 73.0 Å². The van der Waals surface area contributed by atoms with Crippen LogP contribution in [-0.4, -0.2) is 37.0 Å². The fraction of sp³-hybridized carbons (Fsp3) is 0.444. The van der Waals surface area contributed by atoms with Crippen LogP contribution in [0.1, 0.15) is 75.8 Å². The van der Waals surface area contributed by atoms with E-state index in [0.29, 0.717) is 35.5 Å². The first kappa shape index (κ1) is 33.5. The molecule has 1 aromatic heterocycles. The van der Waals surface area contributed by atoms with Gasteiger partial charge in [-0.1, -0.05) is 63.3 Å². The van der Waals surface area contributed by atoms with Crippen molar-refractivity contribution in [3.05, 3.63) is 82.6 Å². The molecule has 4 rings (SSSR count). The average Bonchev–Trinajstić information content (AvgIpc) is 3.55. The number of hydrogen-bond donors (Lipinski definition) is 2. The minimum absolute atomic E-state index is 0.0134. The molecule has 2 heterocycles. The minimum atomic E-state index is -0.586. The molecule has 1 aliphatic heterocycles. The van der Waals surface area contributed by atoms with E-state index in [1.807, 2.05) is 61.5 Å². The molecule has 43 heavy (non-hydrogen) atoms. The molecule has 2 aromatic carbocycles. The van der Waals surface area contributed by atoms with Gasteiger partial charge >= 0.3 is 12.1 Å². The molecule has 0 radical (unpaired) electrons. The van der Waals surface area contributed by atoms with Crippen LogP contribution in [0.2, 0.25) is 0 Å². The molecule has 0 spiro atoms. The zero-order valence-corrected chi connectivity index (χ0v) is 26.2. The van der Waals surface area contributed by atoms with Crippen LogP contribution in [0.4, 0.5) is 4.79 Å². The highest BCUT2D eigenvalue weighted by Gasteiger charge is 2.30. The van der Waals surface area contributed by atoms with Crippen LogP contribution in [0, 0.1) is 36.5 Å². The van der Waals surface area contributed by atoms with Gasteiger partial charge in [0, 0.05) is 35.6 Å². The second-order valence-electron chi connectivity index (χ2n) is 11.9. The highest BCUT2D eigenvalue weighted by Crippen LogP contribution is 2.27. The van der Waals surface area contributed by atoms with Crippen LogP contribution in [-0.2, 0) is 20.8 Å². The standard InChI is InChI=1S/C35H41NO5.CH4O/c1-23(2)16-28(17-24(3)4)12-14-29-19-32(41-34(29)37)22-39-35(38)36-21-31-20-30-18-27(13-15-33(30)40-31)11-10-26-8-6-25(5)7-9-26;1-2/h6-9,13-15,18,20,23-24,28,32H,12,16-17,19,21-22H2,1-5H3,(H,36,38);2H,1H3/b29-14+;. The van der Waals surface area contributed by atoms with E-state index in [0.717, 1.165) is 48.5 Å². The number of benzene rings is 2. The molecule has 1 atom stereocenters. The molecular formula is C36H45NO6. The van der Waals surface area contributed by atoms with Gasteiger partial charge in [0.1, 0.15) is 24.1 Å². The van der Waals surface area contributed by atoms with E-state index in [2.05, 4.69) is 44.9 Å². The number of carbonyl (C=O) groups is 2. The van der Waals surface area contributed by atoms with Crippen LogP contribution >= 0.6 is 0 Å². The fourth-order valence-corrected chi connectivity index (χ4v) is 5.21. The van der Waals surface area contributed by atoms with Crippen molar-refractivity contribution < 1.29 is 28.6 Å². The van der Waals surface area contributed by atoms with Gasteiger partial charge in [-0.2, -0.15) is 0 Å². The van der Waals surface area contributed by atoms with E-state index in [1.165, 1.54) is 5.56 Å². The number of hydrogen-bond acceptors (Lipinski definition) is 6. The summed E-state index contributed by atoms with van der Waals surface area (Å²) < 4.78 is 16.6. The van der Waals surface area contributed by atoms with Gasteiger partial charge in [-0.15, -0.1) is 0 Å². The summed E-state index contributed by atoms with van der Waals surface area (Å²) in [6, 6.07) is 15.7. The van der Waals surface area contributed by atoms with Gasteiger partial charge in [0.25, 0.3) is 0 Å². The Morgan fingerprint density at radius 1 is 1.02 bits per heavy atom. The Morgan fingerprint density at radius 2 is 1.67 bits per heavy atom. The molecule has 2 N–H and O–H groups in total. The number of carbonyl (C=O) groups excluding carboxylic acids is 2. The first-order chi connectivity index (χ1) is 20.6. The summed E-state index contributed by atoms with van der Waals surface area (Å²) in [5.41, 5.74) is 4.45. The van der Waals surface area contributed by atoms with Gasteiger partial charge in [0.2, 0.25) is 0 Å². The van der Waals surface area contributed by atoms with Gasteiger partial charge in [-0.25, -0.2) is 9.59 Å². The summed E-state index contributed by atoms with van der Waals surface area (Å²) in [6.45, 7) is 11.2. The van der Waals surface area contributed by atoms with E-state index in [1.54, 1.807) is 0 Å². The van der Waals surface area contributed by atoms with Gasteiger partial charge in [0.05, 0.1) is 6.54 Å². The van der Waals surface area contributed by atoms with Crippen LogP contribution in [0.3, 0.4) is 0 Å². The number of cyclic esters (lactones) is 1. The van der Waals surface area contributed by atoms with E-state index in [9.17, 15) is 9.59 Å². The number of alkyl carbamates (subject to hydrolysis) is 1. The fourth-order valence-electron chi connectivity index (χ4n) is 5.21. The van der Waals surface area contributed by atoms with E-state index < -0.39 is 12.2 Å². The Hall–Kier alpha value is -4.02. The summed E-state index contributed by atoms with van der Waals surface area (Å²) in [4.78, 5) is 24.7. The molecule has 1 saturated heterocycles. The largest absolute Gasteiger partial charge is 0.459 e. The summed E-state index contributed by atoms with van der Waals surface area (Å²) >= 11 is 0. The van der Waals surface area contributed by atoms with Crippen LogP contribution in [0.15, 0.2) is 64.6 Å². The highest BCUT2D eigenvalue weighted by molar-refractivity contribution is 5.90. The third-order valence-corrected chi connectivity index (χ3v) is 7.07. The van der Waals surface area contributed by atoms with Gasteiger partial charge in [-0.3, -0.25) is 0 Å². The molecule has 230 valence electrons.